The van der Waals surface area contributed by atoms with Gasteiger partial charge in [0, 0.05) is 13.0 Å². The SMILES string of the molecule is CCN(CC(=O)Nc1c(Cl)cccc1Cl)C(=O)CCCN.Cl. The summed E-state index contributed by atoms with van der Waals surface area (Å²) in [7, 11) is 0. The molecule has 0 atom stereocenters. The summed E-state index contributed by atoms with van der Waals surface area (Å²) in [5.74, 6) is -0.434. The first-order valence-corrected chi connectivity index (χ1v) is 7.46. The first-order chi connectivity index (χ1) is 9.99. The molecule has 0 spiro atoms. The van der Waals surface area contributed by atoms with Gasteiger partial charge in [-0.2, -0.15) is 0 Å². The zero-order valence-corrected chi connectivity index (χ0v) is 14.6. The average molecular weight is 369 g/mol. The van der Waals surface area contributed by atoms with Crippen molar-refractivity contribution in [3.05, 3.63) is 28.2 Å². The minimum atomic E-state index is -0.340. The van der Waals surface area contributed by atoms with Crippen LogP contribution in [0.25, 0.3) is 0 Å². The van der Waals surface area contributed by atoms with Gasteiger partial charge in [0.1, 0.15) is 0 Å². The van der Waals surface area contributed by atoms with E-state index in [1.165, 1.54) is 4.90 Å². The number of carbonyl (C=O) groups excluding carboxylic acids is 2. The number of anilines is 1. The van der Waals surface area contributed by atoms with Crippen LogP contribution in [-0.2, 0) is 9.59 Å². The first-order valence-electron chi connectivity index (χ1n) is 6.71. The summed E-state index contributed by atoms with van der Waals surface area (Å²) in [6, 6.07) is 4.95. The normalized spacial score (nSPS) is 9.82. The van der Waals surface area contributed by atoms with E-state index in [2.05, 4.69) is 5.32 Å². The Morgan fingerprint density at radius 1 is 1.27 bits per heavy atom. The Hall–Kier alpha value is -1.01. The van der Waals surface area contributed by atoms with E-state index in [1.807, 2.05) is 6.92 Å². The highest BCUT2D eigenvalue weighted by Crippen LogP contribution is 2.29. The van der Waals surface area contributed by atoms with E-state index in [-0.39, 0.29) is 30.8 Å². The van der Waals surface area contributed by atoms with Gasteiger partial charge in [0.2, 0.25) is 11.8 Å². The Labute approximate surface area is 146 Å². The molecule has 0 saturated heterocycles. The highest BCUT2D eigenvalue weighted by atomic mass is 35.5. The molecular formula is C14H20Cl3N3O2. The van der Waals surface area contributed by atoms with Crippen molar-refractivity contribution in [3.8, 4) is 0 Å². The number of nitrogens with two attached hydrogens (primary N) is 1. The van der Waals surface area contributed by atoms with Crippen molar-refractivity contribution >= 4 is 53.1 Å². The predicted octanol–water partition coefficient (Wildman–Crippen LogP) is 2.94. The maximum atomic E-state index is 12.0. The maximum absolute atomic E-state index is 12.0. The van der Waals surface area contributed by atoms with Gasteiger partial charge in [0.05, 0.1) is 22.3 Å². The number of para-hydroxylation sites is 1. The third-order valence-electron chi connectivity index (χ3n) is 2.89. The fourth-order valence-corrected chi connectivity index (χ4v) is 2.25. The summed E-state index contributed by atoms with van der Waals surface area (Å²) in [5, 5.41) is 3.34. The molecule has 0 fully saturated rings. The molecule has 0 aliphatic carbocycles. The van der Waals surface area contributed by atoms with Crippen molar-refractivity contribution in [2.24, 2.45) is 5.73 Å². The quantitative estimate of drug-likeness (QED) is 0.777. The largest absolute Gasteiger partial charge is 0.334 e. The second-order valence-electron chi connectivity index (χ2n) is 4.44. The molecule has 0 heterocycles. The molecule has 0 radical (unpaired) electrons. The highest BCUT2D eigenvalue weighted by Gasteiger charge is 2.16. The topological polar surface area (TPSA) is 75.4 Å². The van der Waals surface area contributed by atoms with Crippen molar-refractivity contribution in [2.45, 2.75) is 19.8 Å². The van der Waals surface area contributed by atoms with Gasteiger partial charge in [-0.15, -0.1) is 12.4 Å². The Morgan fingerprint density at radius 2 is 1.86 bits per heavy atom. The van der Waals surface area contributed by atoms with Gasteiger partial charge in [-0.3, -0.25) is 9.59 Å². The van der Waals surface area contributed by atoms with Crippen molar-refractivity contribution in [1.82, 2.24) is 4.90 Å². The average Bonchev–Trinajstić information content (AvgIpc) is 2.46. The molecule has 124 valence electrons. The summed E-state index contributed by atoms with van der Waals surface area (Å²) in [4.78, 5) is 25.4. The van der Waals surface area contributed by atoms with Crippen LogP contribution >= 0.6 is 35.6 Å². The molecule has 1 aromatic carbocycles. The molecule has 22 heavy (non-hydrogen) atoms. The number of halogens is 3. The van der Waals surface area contributed by atoms with Crippen molar-refractivity contribution in [1.29, 1.82) is 0 Å². The summed E-state index contributed by atoms with van der Waals surface area (Å²) < 4.78 is 0. The van der Waals surface area contributed by atoms with E-state index in [4.69, 9.17) is 28.9 Å². The van der Waals surface area contributed by atoms with Crippen molar-refractivity contribution < 1.29 is 9.59 Å². The smallest absolute Gasteiger partial charge is 0.244 e. The summed E-state index contributed by atoms with van der Waals surface area (Å²) in [6.07, 6.45) is 0.942. The van der Waals surface area contributed by atoms with Gasteiger partial charge >= 0.3 is 0 Å². The van der Waals surface area contributed by atoms with Gasteiger partial charge in [-0.25, -0.2) is 0 Å². The number of nitrogens with one attached hydrogen (secondary N) is 1. The molecule has 1 aromatic rings. The Morgan fingerprint density at radius 3 is 2.36 bits per heavy atom. The van der Waals surface area contributed by atoms with E-state index in [0.29, 0.717) is 41.7 Å². The standard InChI is InChI=1S/C14H19Cl2N3O2.ClH/c1-2-19(13(21)7-4-8-17)9-12(20)18-14-10(15)5-3-6-11(14)16;/h3,5-6H,2,4,7-9,17H2,1H3,(H,18,20);1H. The fraction of sp³-hybridized carbons (Fsp3) is 0.429. The molecular weight excluding hydrogens is 349 g/mol. The van der Waals surface area contributed by atoms with Crippen LogP contribution in [0, 0.1) is 0 Å². The molecule has 0 aromatic heterocycles. The number of likely N-dealkylation sites (N-methyl/N-ethyl adjacent to an activating group) is 1. The summed E-state index contributed by atoms with van der Waals surface area (Å²) >= 11 is 12.0. The Kier molecular flexibility index (Phi) is 10.2. The third-order valence-corrected chi connectivity index (χ3v) is 3.52. The van der Waals surface area contributed by atoms with E-state index in [9.17, 15) is 9.59 Å². The van der Waals surface area contributed by atoms with Gasteiger partial charge in [-0.05, 0) is 32.0 Å². The van der Waals surface area contributed by atoms with Crippen LogP contribution in [0.3, 0.4) is 0 Å². The Balaban J connectivity index is 0.00000441. The monoisotopic (exact) mass is 367 g/mol. The maximum Gasteiger partial charge on any atom is 0.244 e. The van der Waals surface area contributed by atoms with Crippen LogP contribution in [-0.4, -0.2) is 36.3 Å². The molecule has 0 aliphatic rings. The zero-order chi connectivity index (χ0) is 15.8. The molecule has 0 aliphatic heterocycles. The fourth-order valence-electron chi connectivity index (χ4n) is 1.76. The lowest BCUT2D eigenvalue weighted by Crippen LogP contribution is -2.38. The van der Waals surface area contributed by atoms with Crippen LogP contribution in [0.2, 0.25) is 10.0 Å². The Bertz CT molecular complexity index is 492. The molecule has 8 heteroatoms. The minimum absolute atomic E-state index is 0. The lowest BCUT2D eigenvalue weighted by atomic mass is 10.2. The number of hydrogen-bond donors (Lipinski definition) is 2. The molecule has 2 amide bonds. The second kappa shape index (κ2) is 10.7. The van der Waals surface area contributed by atoms with Gasteiger partial charge < -0.3 is 16.0 Å². The molecule has 0 unspecified atom stereocenters. The van der Waals surface area contributed by atoms with Gasteiger partial charge in [-0.1, -0.05) is 29.3 Å². The summed E-state index contributed by atoms with van der Waals surface area (Å²) in [6.45, 7) is 2.68. The zero-order valence-electron chi connectivity index (χ0n) is 12.3. The van der Waals surface area contributed by atoms with E-state index < -0.39 is 0 Å². The van der Waals surface area contributed by atoms with Gasteiger partial charge in [0.25, 0.3) is 0 Å². The van der Waals surface area contributed by atoms with Crippen molar-refractivity contribution in [3.63, 3.8) is 0 Å². The molecule has 0 bridgehead atoms. The van der Waals surface area contributed by atoms with Crippen LogP contribution in [0.1, 0.15) is 19.8 Å². The van der Waals surface area contributed by atoms with E-state index in [1.54, 1.807) is 18.2 Å². The molecule has 1 rings (SSSR count). The molecule has 5 nitrogen and oxygen atoms in total. The lowest BCUT2D eigenvalue weighted by molar-refractivity contribution is -0.134. The van der Waals surface area contributed by atoms with E-state index in [0.717, 1.165) is 0 Å². The van der Waals surface area contributed by atoms with Crippen LogP contribution in [0.5, 0.6) is 0 Å². The van der Waals surface area contributed by atoms with Crippen molar-refractivity contribution in [2.75, 3.05) is 25.0 Å². The van der Waals surface area contributed by atoms with Crippen LogP contribution in [0.15, 0.2) is 18.2 Å². The predicted molar refractivity (Wildman–Crippen MR) is 92.9 cm³/mol. The summed E-state index contributed by atoms with van der Waals surface area (Å²) in [5.41, 5.74) is 5.73. The molecule has 0 saturated carbocycles. The van der Waals surface area contributed by atoms with Crippen LogP contribution < -0.4 is 11.1 Å². The minimum Gasteiger partial charge on any atom is -0.334 e. The van der Waals surface area contributed by atoms with Crippen LogP contribution in [0.4, 0.5) is 5.69 Å². The first kappa shape index (κ1) is 21.0. The number of carbonyl (C=O) groups is 2. The third kappa shape index (κ3) is 6.40. The second-order valence-corrected chi connectivity index (χ2v) is 5.26. The number of rotatable bonds is 7. The lowest BCUT2D eigenvalue weighted by Gasteiger charge is -2.20. The number of benzene rings is 1. The number of hydrogen-bond acceptors (Lipinski definition) is 3. The van der Waals surface area contributed by atoms with Gasteiger partial charge in [0.15, 0.2) is 0 Å². The number of amides is 2. The number of nitrogens with zero attached hydrogens (tertiary/aromatic N) is 1. The highest BCUT2D eigenvalue weighted by molar-refractivity contribution is 6.39. The molecule has 3 N–H and O–H groups in total. The van der Waals surface area contributed by atoms with E-state index >= 15 is 0 Å².